The van der Waals surface area contributed by atoms with Crippen molar-refractivity contribution in [3.05, 3.63) is 35.9 Å². The second-order valence-electron chi connectivity index (χ2n) is 9.79. The monoisotopic (exact) mass is 473 g/mol. The number of benzene rings is 1. The number of hydrogen-bond acceptors (Lipinski definition) is 5. The summed E-state index contributed by atoms with van der Waals surface area (Å²) in [5.74, 6) is -1.41. The summed E-state index contributed by atoms with van der Waals surface area (Å²) >= 11 is 1.66. The lowest BCUT2D eigenvalue weighted by molar-refractivity contribution is -0.143. The van der Waals surface area contributed by atoms with E-state index < -0.39 is 28.7 Å². The van der Waals surface area contributed by atoms with E-state index in [4.69, 9.17) is 0 Å². The number of likely N-dealkylation sites (tertiary alicyclic amines) is 1. The van der Waals surface area contributed by atoms with Gasteiger partial charge in [0.25, 0.3) is 0 Å². The fourth-order valence-corrected chi connectivity index (χ4v) is 8.12. The van der Waals surface area contributed by atoms with Crippen LogP contribution in [0, 0.1) is 17.8 Å². The number of rotatable bonds is 9. The van der Waals surface area contributed by atoms with Crippen LogP contribution in [-0.2, 0) is 20.9 Å². The van der Waals surface area contributed by atoms with E-state index in [1.165, 1.54) is 0 Å². The highest BCUT2D eigenvalue weighted by Crippen LogP contribution is 2.66. The SMILES string of the molecule is CCCNC(=O)[C@@H]1[C@@H]2CCC3(S2)C(C(=O)NCc2ccccc2)N([C@@H](CO)C(C)C)C(=O)[C@H]13. The summed E-state index contributed by atoms with van der Waals surface area (Å²) in [6, 6.07) is 8.52. The van der Waals surface area contributed by atoms with Gasteiger partial charge in [0.05, 0.1) is 29.2 Å². The second kappa shape index (κ2) is 9.66. The van der Waals surface area contributed by atoms with Crippen LogP contribution >= 0.6 is 11.8 Å². The largest absolute Gasteiger partial charge is 0.394 e. The normalized spacial score (nSPS) is 31.1. The molecule has 1 spiro atoms. The molecule has 8 heteroatoms. The van der Waals surface area contributed by atoms with Crippen LogP contribution in [0.1, 0.15) is 45.6 Å². The Kier molecular flexibility index (Phi) is 7.05. The summed E-state index contributed by atoms with van der Waals surface area (Å²) < 4.78 is -0.626. The highest BCUT2D eigenvalue weighted by atomic mass is 32.2. The zero-order valence-corrected chi connectivity index (χ0v) is 20.4. The highest BCUT2D eigenvalue weighted by molar-refractivity contribution is 8.02. The average molecular weight is 474 g/mol. The van der Waals surface area contributed by atoms with E-state index in [9.17, 15) is 19.5 Å². The van der Waals surface area contributed by atoms with Gasteiger partial charge in [-0.1, -0.05) is 51.1 Å². The van der Waals surface area contributed by atoms with Crippen LogP contribution < -0.4 is 10.6 Å². The summed E-state index contributed by atoms with van der Waals surface area (Å²) in [5, 5.41) is 16.3. The van der Waals surface area contributed by atoms with Crippen LogP contribution in [0.2, 0.25) is 0 Å². The molecule has 1 aromatic rings. The molecule has 2 unspecified atom stereocenters. The molecule has 0 aromatic heterocycles. The van der Waals surface area contributed by atoms with Crippen molar-refractivity contribution in [2.24, 2.45) is 17.8 Å². The molecule has 3 fully saturated rings. The molecule has 7 nitrogen and oxygen atoms in total. The van der Waals surface area contributed by atoms with Crippen LogP contribution in [0.15, 0.2) is 30.3 Å². The summed E-state index contributed by atoms with van der Waals surface area (Å²) in [6.07, 6.45) is 2.38. The Morgan fingerprint density at radius 1 is 1.21 bits per heavy atom. The van der Waals surface area contributed by atoms with Gasteiger partial charge in [-0.3, -0.25) is 14.4 Å². The molecule has 33 heavy (non-hydrogen) atoms. The molecule has 6 atom stereocenters. The van der Waals surface area contributed by atoms with Gasteiger partial charge in [0.2, 0.25) is 17.7 Å². The number of amides is 3. The maximum atomic E-state index is 13.9. The van der Waals surface area contributed by atoms with Crippen molar-refractivity contribution < 1.29 is 19.5 Å². The molecule has 4 rings (SSSR count). The molecule has 3 amide bonds. The maximum absolute atomic E-state index is 13.9. The lowest BCUT2D eigenvalue weighted by Crippen LogP contribution is -2.57. The van der Waals surface area contributed by atoms with Crippen LogP contribution in [0.5, 0.6) is 0 Å². The summed E-state index contributed by atoms with van der Waals surface area (Å²) in [6.45, 7) is 6.65. The quantitative estimate of drug-likeness (QED) is 0.509. The Labute approximate surface area is 200 Å². The molecule has 180 valence electrons. The molecule has 3 aliphatic rings. The number of carbonyl (C=O) groups is 3. The van der Waals surface area contributed by atoms with E-state index in [1.807, 2.05) is 51.1 Å². The predicted octanol–water partition coefficient (Wildman–Crippen LogP) is 1.94. The fraction of sp³-hybridized carbons (Fsp3) is 0.640. The van der Waals surface area contributed by atoms with Crippen molar-refractivity contribution in [2.75, 3.05) is 13.2 Å². The standard InChI is InChI=1S/C25H35N3O4S/c1-4-12-26-22(30)19-18-10-11-25(33-18)20(19)24(32)28(17(14-29)15(2)3)21(25)23(31)27-13-16-8-6-5-7-9-16/h5-9,15,17-21,29H,4,10-14H2,1-3H3,(H,26,30)(H,27,31)/t17-,18-,19+,20-,21?,25?/m0/s1. The number of aliphatic hydroxyl groups excluding tert-OH is 1. The van der Waals surface area contributed by atoms with Crippen LogP contribution in [0.3, 0.4) is 0 Å². The first-order chi connectivity index (χ1) is 15.9. The number of thioether (sulfide) groups is 1. The van der Waals surface area contributed by atoms with Crippen LogP contribution in [0.25, 0.3) is 0 Å². The Hall–Kier alpha value is -2.06. The third-order valence-corrected chi connectivity index (χ3v) is 9.41. The Balaban J connectivity index is 1.67. The lowest BCUT2D eigenvalue weighted by Gasteiger charge is -2.38. The van der Waals surface area contributed by atoms with Crippen molar-refractivity contribution in [3.63, 3.8) is 0 Å². The van der Waals surface area contributed by atoms with E-state index in [2.05, 4.69) is 10.6 Å². The summed E-state index contributed by atoms with van der Waals surface area (Å²) in [7, 11) is 0. The Morgan fingerprint density at radius 2 is 1.94 bits per heavy atom. The number of nitrogens with zero attached hydrogens (tertiary/aromatic N) is 1. The van der Waals surface area contributed by atoms with E-state index >= 15 is 0 Å². The van der Waals surface area contributed by atoms with Gasteiger partial charge in [0, 0.05) is 18.3 Å². The van der Waals surface area contributed by atoms with E-state index in [0.29, 0.717) is 13.1 Å². The van der Waals surface area contributed by atoms with Gasteiger partial charge in [-0.2, -0.15) is 0 Å². The topological polar surface area (TPSA) is 98.7 Å². The van der Waals surface area contributed by atoms with Crippen LogP contribution in [-0.4, -0.2) is 63.0 Å². The Bertz CT molecular complexity index is 895. The molecular weight excluding hydrogens is 438 g/mol. The highest BCUT2D eigenvalue weighted by Gasteiger charge is 2.74. The first kappa shape index (κ1) is 24.1. The summed E-state index contributed by atoms with van der Waals surface area (Å²) in [4.78, 5) is 42.3. The predicted molar refractivity (Wildman–Crippen MR) is 128 cm³/mol. The lowest BCUT2D eigenvalue weighted by atomic mass is 9.70. The minimum Gasteiger partial charge on any atom is -0.394 e. The first-order valence-corrected chi connectivity index (χ1v) is 12.9. The van der Waals surface area contributed by atoms with Gasteiger partial charge in [-0.15, -0.1) is 11.8 Å². The summed E-state index contributed by atoms with van der Waals surface area (Å²) in [5.41, 5.74) is 0.985. The molecule has 2 bridgehead atoms. The van der Waals surface area contributed by atoms with Gasteiger partial charge in [0.15, 0.2) is 0 Å². The van der Waals surface area contributed by atoms with Gasteiger partial charge in [-0.05, 0) is 30.7 Å². The maximum Gasteiger partial charge on any atom is 0.244 e. The van der Waals surface area contributed by atoms with E-state index in [0.717, 1.165) is 24.8 Å². The zero-order chi connectivity index (χ0) is 23.8. The van der Waals surface area contributed by atoms with Gasteiger partial charge in [-0.25, -0.2) is 0 Å². The average Bonchev–Trinajstić information content (AvgIpc) is 3.45. The fourth-order valence-electron chi connectivity index (χ4n) is 5.92. The number of fused-ring (bicyclic) bond motifs is 1. The number of hydrogen-bond donors (Lipinski definition) is 3. The molecular formula is C25H35N3O4S. The molecule has 3 N–H and O–H groups in total. The van der Waals surface area contributed by atoms with Crippen molar-refractivity contribution in [3.8, 4) is 0 Å². The zero-order valence-electron chi connectivity index (χ0n) is 19.6. The molecule has 0 radical (unpaired) electrons. The molecule has 3 saturated heterocycles. The minimum atomic E-state index is -0.697. The van der Waals surface area contributed by atoms with E-state index in [-0.39, 0.29) is 35.5 Å². The van der Waals surface area contributed by atoms with Crippen molar-refractivity contribution in [1.29, 1.82) is 0 Å². The number of carbonyl (C=O) groups excluding carboxylic acids is 3. The number of aliphatic hydroxyl groups is 1. The van der Waals surface area contributed by atoms with E-state index in [1.54, 1.807) is 16.7 Å². The van der Waals surface area contributed by atoms with Crippen LogP contribution in [0.4, 0.5) is 0 Å². The Morgan fingerprint density at radius 3 is 2.58 bits per heavy atom. The first-order valence-electron chi connectivity index (χ1n) is 12.1. The third kappa shape index (κ3) is 4.05. The molecule has 3 aliphatic heterocycles. The smallest absolute Gasteiger partial charge is 0.244 e. The molecule has 0 saturated carbocycles. The molecule has 0 aliphatic carbocycles. The molecule has 3 heterocycles. The van der Waals surface area contributed by atoms with Crippen molar-refractivity contribution >= 4 is 29.5 Å². The van der Waals surface area contributed by atoms with Gasteiger partial charge >= 0.3 is 0 Å². The second-order valence-corrected chi connectivity index (χ2v) is 11.4. The van der Waals surface area contributed by atoms with Crippen molar-refractivity contribution in [1.82, 2.24) is 15.5 Å². The van der Waals surface area contributed by atoms with Gasteiger partial charge in [0.1, 0.15) is 6.04 Å². The van der Waals surface area contributed by atoms with Crippen molar-refractivity contribution in [2.45, 2.75) is 68.7 Å². The number of nitrogens with one attached hydrogen (secondary N) is 2. The third-order valence-electron chi connectivity index (χ3n) is 7.46. The van der Waals surface area contributed by atoms with Gasteiger partial charge < -0.3 is 20.6 Å². The minimum absolute atomic E-state index is 0.0202. The molecule has 1 aromatic carbocycles.